The van der Waals surface area contributed by atoms with Crippen molar-refractivity contribution in [2.75, 3.05) is 39.6 Å². The molecule has 16 nitrogen and oxygen atoms in total. The van der Waals surface area contributed by atoms with Crippen LogP contribution in [0.3, 0.4) is 0 Å². The maximum absolute atomic E-state index is 8.83. The molecule has 11 heterocycles. The predicted molar refractivity (Wildman–Crippen MR) is 245 cm³/mol. The first-order valence-corrected chi connectivity index (χ1v) is 32.2. The summed E-state index contributed by atoms with van der Waals surface area (Å²) < 4.78 is 23.1. The van der Waals surface area contributed by atoms with Gasteiger partial charge >= 0.3 is 118 Å². The van der Waals surface area contributed by atoms with Crippen LogP contribution in [0, 0.1) is 0 Å². The summed E-state index contributed by atoms with van der Waals surface area (Å²) in [5, 5.41) is 36.0. The SMILES string of the molecule is Brc1[nH]nc2ncccc12.Brc1nn(C2CCOCC2)c2ncccc12.OC1CCOCC1.[CH3][Sn]([CH3])([CH3])[c]1nn(C2CCOCC2)c2ncccc12.c1cnc2[nH]ncc2c1. The molecule has 11 rings (SSSR count). The molecule has 0 radical (unpaired) electrons. The van der Waals surface area contributed by atoms with Crippen LogP contribution in [0.2, 0.25) is 14.8 Å². The fourth-order valence-electron chi connectivity index (χ4n) is 7.12. The third-order valence-corrected chi connectivity index (χ3v) is 16.7. The van der Waals surface area contributed by atoms with Crippen LogP contribution < -0.4 is 3.71 Å². The summed E-state index contributed by atoms with van der Waals surface area (Å²) in [4.78, 5) is 24.3. The molecule has 61 heavy (non-hydrogen) atoms. The number of H-pyrrole nitrogens is 2. The van der Waals surface area contributed by atoms with Crippen molar-refractivity contribution in [2.45, 2.75) is 71.5 Å². The fourth-order valence-corrected chi connectivity index (χ4v) is 12.0. The number of aliphatic hydroxyl groups excluding tert-OH is 1. The summed E-state index contributed by atoms with van der Waals surface area (Å²) in [6.07, 6.45) is 14.6. The van der Waals surface area contributed by atoms with Gasteiger partial charge in [-0.15, -0.1) is 0 Å². The van der Waals surface area contributed by atoms with E-state index >= 15 is 0 Å². The Bertz CT molecular complexity index is 2540. The van der Waals surface area contributed by atoms with Gasteiger partial charge in [0.05, 0.1) is 29.1 Å². The molecule has 0 bridgehead atoms. The molecule has 322 valence electrons. The van der Waals surface area contributed by atoms with E-state index in [1.807, 2.05) is 59.5 Å². The second-order valence-corrected chi connectivity index (χ2v) is 31.5. The van der Waals surface area contributed by atoms with Crippen LogP contribution in [0.15, 0.2) is 88.7 Å². The molecule has 3 fully saturated rings. The second-order valence-electron chi connectivity index (χ2n) is 15.8. The first-order valence-electron chi connectivity index (χ1n) is 20.6. The van der Waals surface area contributed by atoms with Crippen molar-refractivity contribution in [1.82, 2.24) is 59.9 Å². The van der Waals surface area contributed by atoms with Gasteiger partial charge in [0, 0.05) is 50.4 Å². The zero-order valence-corrected chi connectivity index (χ0v) is 40.6. The Balaban J connectivity index is 0.000000120. The van der Waals surface area contributed by atoms with Crippen LogP contribution in [0.5, 0.6) is 0 Å². The van der Waals surface area contributed by atoms with Crippen molar-refractivity contribution in [1.29, 1.82) is 0 Å². The Kier molecular flexibility index (Phi) is 16.2. The van der Waals surface area contributed by atoms with Gasteiger partial charge in [0.25, 0.3) is 0 Å². The number of aromatic nitrogens is 12. The maximum atomic E-state index is 8.83. The molecule has 3 N–H and O–H groups in total. The minimum absolute atomic E-state index is 0.0891. The van der Waals surface area contributed by atoms with E-state index < -0.39 is 18.4 Å². The monoisotopic (exact) mass is 1070 g/mol. The minimum atomic E-state index is -2.20. The van der Waals surface area contributed by atoms with E-state index in [1.54, 1.807) is 18.6 Å². The van der Waals surface area contributed by atoms with E-state index in [4.69, 9.17) is 24.4 Å². The Hall–Kier alpha value is -3.92. The van der Waals surface area contributed by atoms with Gasteiger partial charge in [-0.1, -0.05) is 0 Å². The number of hydrogen-bond acceptors (Lipinski definition) is 12. The van der Waals surface area contributed by atoms with Crippen LogP contribution in [0.25, 0.3) is 44.1 Å². The van der Waals surface area contributed by atoms with E-state index in [-0.39, 0.29) is 6.10 Å². The molecule has 0 unspecified atom stereocenters. The Morgan fingerprint density at radius 2 is 1.16 bits per heavy atom. The average molecular weight is 1070 g/mol. The van der Waals surface area contributed by atoms with Crippen LogP contribution >= 0.6 is 31.9 Å². The van der Waals surface area contributed by atoms with Gasteiger partial charge in [-0.25, -0.2) is 19.6 Å². The van der Waals surface area contributed by atoms with Crippen molar-refractivity contribution in [3.8, 4) is 0 Å². The predicted octanol–water partition coefficient (Wildman–Crippen LogP) is 7.71. The number of hydrogen-bond donors (Lipinski definition) is 3. The van der Waals surface area contributed by atoms with E-state index in [0.29, 0.717) is 12.1 Å². The first-order chi connectivity index (χ1) is 29.7. The van der Waals surface area contributed by atoms with Crippen LogP contribution in [0.4, 0.5) is 0 Å². The van der Waals surface area contributed by atoms with E-state index in [9.17, 15) is 0 Å². The normalized spacial score (nSPS) is 16.5. The van der Waals surface area contributed by atoms with Gasteiger partial charge in [-0.05, 0) is 93.9 Å². The number of nitrogens with zero attached hydrogens (tertiary/aromatic N) is 10. The molecule has 3 aliphatic heterocycles. The molecule has 3 saturated heterocycles. The third-order valence-electron chi connectivity index (χ3n) is 10.4. The molecule has 8 aromatic rings. The van der Waals surface area contributed by atoms with Gasteiger partial charge in [-0.3, -0.25) is 10.2 Å². The molecule has 19 heteroatoms. The Morgan fingerprint density at radius 1 is 0.639 bits per heavy atom. The fraction of sp³-hybridized carbons (Fsp3) is 0.429. The smallest absolute Gasteiger partial charge is 0.155 e. The number of aromatic amines is 2. The molecular formula is C42H52Br2N12O4Sn. The molecule has 0 spiro atoms. The van der Waals surface area contributed by atoms with Crippen molar-refractivity contribution in [3.63, 3.8) is 0 Å². The van der Waals surface area contributed by atoms with Crippen LogP contribution in [-0.4, -0.2) is 129 Å². The molecular weight excluding hydrogens is 1020 g/mol. The third kappa shape index (κ3) is 12.0. The number of ether oxygens (including phenoxy) is 3. The first kappa shape index (κ1) is 45.1. The average Bonchev–Trinajstić information content (AvgIpc) is 4.10. The number of nitrogens with one attached hydrogen (secondary N) is 2. The summed E-state index contributed by atoms with van der Waals surface area (Å²) in [7, 11) is 0. The number of aliphatic hydroxyl groups is 1. The van der Waals surface area contributed by atoms with E-state index in [0.717, 1.165) is 126 Å². The zero-order valence-electron chi connectivity index (χ0n) is 34.6. The van der Waals surface area contributed by atoms with Gasteiger partial charge < -0.3 is 14.6 Å². The maximum Gasteiger partial charge on any atom is 0.155 e. The number of rotatable bonds is 3. The van der Waals surface area contributed by atoms with Gasteiger partial charge in [-0.2, -0.15) is 15.3 Å². The number of fused-ring (bicyclic) bond motifs is 4. The van der Waals surface area contributed by atoms with Crippen molar-refractivity contribution in [2.24, 2.45) is 0 Å². The van der Waals surface area contributed by atoms with Crippen molar-refractivity contribution < 1.29 is 19.3 Å². The zero-order chi connectivity index (χ0) is 42.6. The van der Waals surface area contributed by atoms with Crippen molar-refractivity contribution in [3.05, 3.63) is 88.7 Å². The molecule has 3 aliphatic rings. The van der Waals surface area contributed by atoms with Crippen LogP contribution in [0.1, 0.15) is 50.6 Å². The summed E-state index contributed by atoms with van der Waals surface area (Å²) >= 11 is 4.59. The van der Waals surface area contributed by atoms with Crippen LogP contribution in [-0.2, 0) is 14.2 Å². The Labute approximate surface area is 374 Å². The van der Waals surface area contributed by atoms with Gasteiger partial charge in [0.1, 0.15) is 9.21 Å². The number of halogens is 2. The second kappa shape index (κ2) is 21.9. The van der Waals surface area contributed by atoms with E-state index in [2.05, 4.69) is 103 Å². The molecule has 8 aromatic heterocycles. The molecule has 0 atom stereocenters. The summed E-state index contributed by atoms with van der Waals surface area (Å²) in [5.41, 5.74) is 3.61. The molecule has 0 amide bonds. The molecule has 0 saturated carbocycles. The standard InChI is InChI=1S/C11H12BrN3O.C11H12N3O.C6H4BrN3.C6H5N3.C5H10O2.3CH3.Sn/c12-10-9-2-1-5-13-11(9)15(14-10)8-3-6-16-7-4-8;1-2-9-8-13-14(11(9)12-5-1)10-3-6-15-7-4-10;7-5-4-2-1-3-8-6(4)10-9-5;1-2-5-4-8-9-6(5)7-3-1;6-5-1-3-7-4-2-5;;;;/h1-2,5,8H,3-4,6-7H2;1-2,5,10H,3-4,6-7H2;1-3H,(H,8,9,10);1-4H,(H,7,8,9);5-6H,1-4H2;3*1H3;. The number of pyridine rings is 4. The summed E-state index contributed by atoms with van der Waals surface area (Å²) in [5.74, 6) is 0. The van der Waals surface area contributed by atoms with Crippen molar-refractivity contribution >= 4 is 98.1 Å². The topological polar surface area (TPSA) is 192 Å². The largest absolute Gasteiger partial charge is 0.261 e. The molecule has 0 aliphatic carbocycles. The minimum Gasteiger partial charge on any atom is -0.261 e. The van der Waals surface area contributed by atoms with Gasteiger partial charge in [0.2, 0.25) is 0 Å². The molecule has 0 aromatic carbocycles. The summed E-state index contributed by atoms with van der Waals surface area (Å²) in [6.45, 7) is 4.79. The van der Waals surface area contributed by atoms with Gasteiger partial charge in [0.15, 0.2) is 16.9 Å². The summed E-state index contributed by atoms with van der Waals surface area (Å²) in [6, 6.07) is 16.7. The quantitative estimate of drug-likeness (QED) is 0.146. The Morgan fingerprint density at radius 3 is 1.74 bits per heavy atom. The van der Waals surface area contributed by atoms with E-state index in [1.165, 1.54) is 9.10 Å².